The number of ether oxygens (including phenoxy) is 2. The minimum absolute atomic E-state index is 0.0294. The zero-order chi connectivity index (χ0) is 24.2. The molecule has 34 heavy (non-hydrogen) atoms. The first-order chi connectivity index (χ1) is 16.4. The first kappa shape index (κ1) is 22.6. The molecule has 0 radical (unpaired) electrons. The van der Waals surface area contributed by atoms with E-state index < -0.39 is 4.92 Å². The number of nitrogens with zero attached hydrogens (tertiary/aromatic N) is 3. The molecule has 0 saturated carbocycles. The summed E-state index contributed by atoms with van der Waals surface area (Å²) in [5.41, 5.74) is 5.02. The van der Waals surface area contributed by atoms with Crippen molar-refractivity contribution in [3.05, 3.63) is 92.8 Å². The number of hydrogen-bond donors (Lipinski definition) is 1. The number of H-pyrrole nitrogens is 1. The van der Waals surface area contributed by atoms with Crippen LogP contribution < -0.4 is 9.47 Å². The first-order valence-electron chi connectivity index (χ1n) is 10.5. The summed E-state index contributed by atoms with van der Waals surface area (Å²) in [6, 6.07) is 18.4. The number of hydrogen-bond acceptors (Lipinski definition) is 6. The summed E-state index contributed by atoms with van der Waals surface area (Å²) in [6.45, 7) is 4.15. The summed E-state index contributed by atoms with van der Waals surface area (Å²) in [5, 5.41) is 21.6. The Morgan fingerprint density at radius 2 is 1.91 bits per heavy atom. The van der Waals surface area contributed by atoms with Crippen LogP contribution in [0, 0.1) is 35.3 Å². The summed E-state index contributed by atoms with van der Waals surface area (Å²) < 4.78 is 11.2. The number of aromatic nitrogens is 2. The van der Waals surface area contributed by atoms with Gasteiger partial charge in [0.15, 0.2) is 5.75 Å². The van der Waals surface area contributed by atoms with Crippen LogP contribution in [0.5, 0.6) is 11.5 Å². The highest BCUT2D eigenvalue weighted by atomic mass is 16.6. The highest BCUT2D eigenvalue weighted by molar-refractivity contribution is 5.91. The molecule has 8 heteroatoms. The van der Waals surface area contributed by atoms with Crippen molar-refractivity contribution >= 4 is 28.4 Å². The fourth-order valence-electron chi connectivity index (χ4n) is 3.57. The second kappa shape index (κ2) is 9.46. The molecular formula is C26H22N4O4. The molecule has 1 N–H and O–H groups in total. The molecule has 1 heterocycles. The van der Waals surface area contributed by atoms with Crippen LogP contribution in [-0.4, -0.2) is 22.0 Å². The number of nitrogens with one attached hydrogen (secondary N) is 1. The first-order valence-corrected chi connectivity index (χ1v) is 10.5. The summed E-state index contributed by atoms with van der Waals surface area (Å²) >= 11 is 0. The van der Waals surface area contributed by atoms with Gasteiger partial charge in [0.25, 0.3) is 0 Å². The van der Waals surface area contributed by atoms with Gasteiger partial charge in [0.1, 0.15) is 18.5 Å². The fourth-order valence-corrected chi connectivity index (χ4v) is 3.57. The monoisotopic (exact) mass is 454 g/mol. The van der Waals surface area contributed by atoms with E-state index in [9.17, 15) is 15.4 Å². The molecule has 0 saturated heterocycles. The molecule has 4 aromatic rings. The minimum atomic E-state index is -0.529. The third kappa shape index (κ3) is 4.59. The number of nitro groups is 1. The summed E-state index contributed by atoms with van der Waals surface area (Å²) in [5.74, 6) is 0.611. The van der Waals surface area contributed by atoms with E-state index >= 15 is 0 Å². The van der Waals surface area contributed by atoms with Crippen LogP contribution in [0.1, 0.15) is 28.1 Å². The SMILES string of the molecule is COc1cc(/C=C(/C#N)c2nc3cc(C)c(C)cc3[nH]2)cc([N+](=O)[O-])c1OCc1ccccc1. The highest BCUT2D eigenvalue weighted by Gasteiger charge is 2.23. The molecule has 8 nitrogen and oxygen atoms in total. The third-order valence-corrected chi connectivity index (χ3v) is 5.48. The number of imidazole rings is 1. The fraction of sp³-hybridized carbons (Fsp3) is 0.154. The number of methoxy groups -OCH3 is 1. The standard InChI is InChI=1S/C26H22N4O4/c1-16-9-21-22(10-17(16)2)29-26(28-21)20(14-27)11-19-12-23(30(31)32)25(24(13-19)33-3)34-15-18-7-5-4-6-8-18/h4-13H,15H2,1-3H3,(H,28,29)/b20-11-. The van der Waals surface area contributed by atoms with Crippen LogP contribution >= 0.6 is 0 Å². The van der Waals surface area contributed by atoms with Crippen LogP contribution in [0.3, 0.4) is 0 Å². The molecule has 0 bridgehead atoms. The van der Waals surface area contributed by atoms with Gasteiger partial charge < -0.3 is 14.5 Å². The van der Waals surface area contributed by atoms with Crippen molar-refractivity contribution in [3.8, 4) is 17.6 Å². The van der Waals surface area contributed by atoms with Gasteiger partial charge in [-0.05, 0) is 60.4 Å². The quantitative estimate of drug-likeness (QED) is 0.216. The molecule has 0 unspecified atom stereocenters. The zero-order valence-corrected chi connectivity index (χ0v) is 19.0. The number of benzene rings is 3. The number of rotatable bonds is 7. The Morgan fingerprint density at radius 1 is 1.18 bits per heavy atom. The lowest BCUT2D eigenvalue weighted by atomic mass is 10.1. The topological polar surface area (TPSA) is 114 Å². The number of fused-ring (bicyclic) bond motifs is 1. The Bertz CT molecular complexity index is 1410. The Kier molecular flexibility index (Phi) is 6.28. The lowest BCUT2D eigenvalue weighted by Gasteiger charge is -2.12. The second-order valence-corrected chi connectivity index (χ2v) is 7.81. The number of nitro benzene ring substituents is 1. The molecule has 0 aliphatic carbocycles. The molecule has 0 aliphatic heterocycles. The molecule has 0 aliphatic rings. The van der Waals surface area contributed by atoms with Crippen molar-refractivity contribution in [1.82, 2.24) is 9.97 Å². The maximum absolute atomic E-state index is 11.8. The lowest BCUT2D eigenvalue weighted by molar-refractivity contribution is -0.386. The van der Waals surface area contributed by atoms with Crippen molar-refractivity contribution in [2.45, 2.75) is 20.5 Å². The third-order valence-electron chi connectivity index (χ3n) is 5.48. The molecule has 3 aromatic carbocycles. The number of allylic oxidation sites excluding steroid dienone is 1. The van der Waals surface area contributed by atoms with Crippen LogP contribution in [0.15, 0.2) is 54.6 Å². The van der Waals surface area contributed by atoms with Gasteiger partial charge in [0.05, 0.1) is 28.6 Å². The van der Waals surface area contributed by atoms with Gasteiger partial charge in [-0.2, -0.15) is 5.26 Å². The summed E-state index contributed by atoms with van der Waals surface area (Å²) in [7, 11) is 1.41. The number of aromatic amines is 1. The molecule has 0 spiro atoms. The van der Waals surface area contributed by atoms with E-state index in [-0.39, 0.29) is 29.4 Å². The Morgan fingerprint density at radius 3 is 2.59 bits per heavy atom. The largest absolute Gasteiger partial charge is 0.493 e. The van der Waals surface area contributed by atoms with Gasteiger partial charge in [-0.1, -0.05) is 30.3 Å². The molecule has 0 atom stereocenters. The maximum atomic E-state index is 11.8. The Hall–Kier alpha value is -4.64. The van der Waals surface area contributed by atoms with Gasteiger partial charge in [0, 0.05) is 6.07 Å². The van der Waals surface area contributed by atoms with E-state index in [2.05, 4.69) is 16.0 Å². The van der Waals surface area contributed by atoms with Crippen molar-refractivity contribution in [2.75, 3.05) is 7.11 Å². The highest BCUT2D eigenvalue weighted by Crippen LogP contribution is 2.39. The zero-order valence-electron chi connectivity index (χ0n) is 19.0. The lowest BCUT2D eigenvalue weighted by Crippen LogP contribution is -2.02. The van der Waals surface area contributed by atoms with Crippen LogP contribution in [0.25, 0.3) is 22.7 Å². The smallest absolute Gasteiger partial charge is 0.315 e. The van der Waals surface area contributed by atoms with Crippen LogP contribution in [-0.2, 0) is 6.61 Å². The van der Waals surface area contributed by atoms with E-state index in [1.165, 1.54) is 19.3 Å². The van der Waals surface area contributed by atoms with Gasteiger partial charge in [-0.15, -0.1) is 0 Å². The molecular weight excluding hydrogens is 432 g/mol. The molecule has 1 aromatic heterocycles. The number of aryl methyl sites for hydroxylation is 2. The van der Waals surface area contributed by atoms with Gasteiger partial charge in [-0.3, -0.25) is 10.1 Å². The van der Waals surface area contributed by atoms with E-state index in [0.717, 1.165) is 27.7 Å². The number of nitriles is 1. The predicted octanol–water partition coefficient (Wildman–Crippen LogP) is 5.74. The van der Waals surface area contributed by atoms with E-state index in [4.69, 9.17) is 9.47 Å². The molecule has 4 rings (SSSR count). The van der Waals surface area contributed by atoms with Crippen molar-refractivity contribution in [2.24, 2.45) is 0 Å². The normalized spacial score (nSPS) is 11.3. The van der Waals surface area contributed by atoms with E-state index in [0.29, 0.717) is 11.4 Å². The van der Waals surface area contributed by atoms with Gasteiger partial charge >= 0.3 is 5.69 Å². The minimum Gasteiger partial charge on any atom is -0.493 e. The second-order valence-electron chi connectivity index (χ2n) is 7.81. The average molecular weight is 454 g/mol. The summed E-state index contributed by atoms with van der Waals surface area (Å²) in [6.07, 6.45) is 1.54. The Labute approximate surface area is 196 Å². The van der Waals surface area contributed by atoms with E-state index in [1.54, 1.807) is 6.07 Å². The van der Waals surface area contributed by atoms with Gasteiger partial charge in [0.2, 0.25) is 5.75 Å². The average Bonchev–Trinajstić information content (AvgIpc) is 3.24. The molecule has 170 valence electrons. The van der Waals surface area contributed by atoms with Crippen LogP contribution in [0.4, 0.5) is 5.69 Å². The van der Waals surface area contributed by atoms with Crippen molar-refractivity contribution < 1.29 is 14.4 Å². The van der Waals surface area contributed by atoms with Crippen molar-refractivity contribution in [3.63, 3.8) is 0 Å². The maximum Gasteiger partial charge on any atom is 0.315 e. The molecule has 0 amide bonds. The van der Waals surface area contributed by atoms with E-state index in [1.807, 2.05) is 56.3 Å². The van der Waals surface area contributed by atoms with Crippen molar-refractivity contribution in [1.29, 1.82) is 5.26 Å². The van der Waals surface area contributed by atoms with Gasteiger partial charge in [-0.25, -0.2) is 4.98 Å². The Balaban J connectivity index is 1.74. The summed E-state index contributed by atoms with van der Waals surface area (Å²) in [4.78, 5) is 19.0. The molecule has 0 fully saturated rings. The predicted molar refractivity (Wildman–Crippen MR) is 129 cm³/mol. The van der Waals surface area contributed by atoms with Crippen LogP contribution in [0.2, 0.25) is 0 Å².